The Labute approximate surface area is 175 Å². The summed E-state index contributed by atoms with van der Waals surface area (Å²) in [6, 6.07) is 15.0. The molecule has 1 heterocycles. The lowest BCUT2D eigenvalue weighted by Gasteiger charge is -2.27. The molecule has 0 aromatic heterocycles. The molecule has 0 saturated carbocycles. The average molecular weight is 418 g/mol. The van der Waals surface area contributed by atoms with E-state index in [0.717, 1.165) is 32.8 Å². The number of morpholine rings is 1. The maximum atomic E-state index is 12.6. The largest absolute Gasteiger partial charge is 0.434 e. The van der Waals surface area contributed by atoms with Gasteiger partial charge in [0.1, 0.15) is 5.75 Å². The second-order valence-electron chi connectivity index (χ2n) is 6.92. The molecule has 0 spiro atoms. The third-order valence-corrected chi connectivity index (χ3v) is 4.92. The second kappa shape index (κ2) is 11.5. The van der Waals surface area contributed by atoms with Crippen LogP contribution in [-0.2, 0) is 24.4 Å². The van der Waals surface area contributed by atoms with Gasteiger partial charge >= 0.3 is 6.61 Å². The van der Waals surface area contributed by atoms with Gasteiger partial charge in [-0.1, -0.05) is 42.5 Å². The summed E-state index contributed by atoms with van der Waals surface area (Å²) in [5, 5.41) is 6.46. The van der Waals surface area contributed by atoms with Crippen molar-refractivity contribution in [2.24, 2.45) is 4.99 Å². The summed E-state index contributed by atoms with van der Waals surface area (Å²) in [4.78, 5) is 6.62. The van der Waals surface area contributed by atoms with Crippen molar-refractivity contribution in [2.45, 2.75) is 26.2 Å². The summed E-state index contributed by atoms with van der Waals surface area (Å²) in [5.74, 6) is 0.745. The number of ether oxygens (including phenoxy) is 2. The highest BCUT2D eigenvalue weighted by molar-refractivity contribution is 5.79. The number of para-hydroxylation sites is 1. The van der Waals surface area contributed by atoms with Crippen LogP contribution in [0, 0.1) is 0 Å². The van der Waals surface area contributed by atoms with Crippen molar-refractivity contribution >= 4 is 5.96 Å². The zero-order chi connectivity index (χ0) is 21.2. The first-order valence-corrected chi connectivity index (χ1v) is 10.00. The topological polar surface area (TPSA) is 58.1 Å². The Bertz CT molecular complexity index is 826. The van der Waals surface area contributed by atoms with Crippen molar-refractivity contribution in [1.29, 1.82) is 0 Å². The highest BCUT2D eigenvalue weighted by Gasteiger charge is 2.13. The van der Waals surface area contributed by atoms with Gasteiger partial charge in [-0.3, -0.25) is 9.89 Å². The Balaban J connectivity index is 1.56. The molecule has 0 aliphatic carbocycles. The molecule has 1 aliphatic heterocycles. The van der Waals surface area contributed by atoms with Crippen LogP contribution in [0.2, 0.25) is 0 Å². The van der Waals surface area contributed by atoms with E-state index < -0.39 is 6.61 Å². The fourth-order valence-corrected chi connectivity index (χ4v) is 3.32. The molecule has 1 saturated heterocycles. The summed E-state index contributed by atoms with van der Waals surface area (Å²) in [6.07, 6.45) is 0. The summed E-state index contributed by atoms with van der Waals surface area (Å²) < 4.78 is 35.2. The molecule has 1 fully saturated rings. The molecule has 2 N–H and O–H groups in total. The van der Waals surface area contributed by atoms with Crippen LogP contribution in [0.15, 0.2) is 53.5 Å². The van der Waals surface area contributed by atoms with E-state index in [1.165, 1.54) is 17.2 Å². The van der Waals surface area contributed by atoms with Gasteiger partial charge in [-0.25, -0.2) is 0 Å². The number of rotatable bonds is 8. The van der Waals surface area contributed by atoms with Crippen LogP contribution in [0.3, 0.4) is 0 Å². The minimum absolute atomic E-state index is 0.159. The summed E-state index contributed by atoms with van der Waals surface area (Å²) in [6.45, 7) is 2.36. The van der Waals surface area contributed by atoms with Gasteiger partial charge in [0, 0.05) is 45.3 Å². The van der Waals surface area contributed by atoms with Crippen molar-refractivity contribution in [3.05, 3.63) is 65.2 Å². The number of benzene rings is 2. The molecule has 6 nitrogen and oxygen atoms in total. The fourth-order valence-electron chi connectivity index (χ4n) is 3.32. The number of nitrogens with zero attached hydrogens (tertiary/aromatic N) is 2. The molecule has 2 aromatic rings. The van der Waals surface area contributed by atoms with Crippen LogP contribution in [0.25, 0.3) is 0 Å². The van der Waals surface area contributed by atoms with Gasteiger partial charge in [-0.15, -0.1) is 0 Å². The Morgan fingerprint density at radius 2 is 1.60 bits per heavy atom. The van der Waals surface area contributed by atoms with Crippen LogP contribution < -0.4 is 15.4 Å². The Kier molecular flexibility index (Phi) is 8.41. The first kappa shape index (κ1) is 22.0. The SMILES string of the molecule is CN=C(NCc1ccccc1CN1CCOCC1)NCc1ccccc1OC(F)F. The molecule has 1 aliphatic rings. The van der Waals surface area contributed by atoms with Gasteiger partial charge in [0.15, 0.2) is 5.96 Å². The van der Waals surface area contributed by atoms with E-state index in [0.29, 0.717) is 24.6 Å². The van der Waals surface area contributed by atoms with Crippen LogP contribution >= 0.6 is 0 Å². The maximum Gasteiger partial charge on any atom is 0.387 e. The van der Waals surface area contributed by atoms with E-state index in [4.69, 9.17) is 4.74 Å². The molecule has 0 atom stereocenters. The Morgan fingerprint density at radius 3 is 2.27 bits per heavy atom. The van der Waals surface area contributed by atoms with E-state index in [9.17, 15) is 8.78 Å². The third kappa shape index (κ3) is 6.67. The molecular formula is C22H28F2N4O2. The van der Waals surface area contributed by atoms with Crippen molar-refractivity contribution < 1.29 is 18.3 Å². The van der Waals surface area contributed by atoms with E-state index in [1.807, 2.05) is 12.1 Å². The zero-order valence-electron chi connectivity index (χ0n) is 17.1. The highest BCUT2D eigenvalue weighted by Crippen LogP contribution is 2.20. The quantitative estimate of drug-likeness (QED) is 0.510. The first-order valence-electron chi connectivity index (χ1n) is 10.00. The van der Waals surface area contributed by atoms with Crippen LogP contribution in [0.5, 0.6) is 5.75 Å². The van der Waals surface area contributed by atoms with Crippen LogP contribution in [-0.4, -0.2) is 50.8 Å². The first-order chi connectivity index (χ1) is 14.7. The van der Waals surface area contributed by atoms with E-state index in [-0.39, 0.29) is 5.75 Å². The lowest BCUT2D eigenvalue weighted by molar-refractivity contribution is -0.0504. The van der Waals surface area contributed by atoms with E-state index >= 15 is 0 Å². The molecule has 0 amide bonds. The zero-order valence-corrected chi connectivity index (χ0v) is 17.1. The lowest BCUT2D eigenvalue weighted by atomic mass is 10.1. The highest BCUT2D eigenvalue weighted by atomic mass is 19.3. The third-order valence-electron chi connectivity index (χ3n) is 4.92. The Morgan fingerprint density at radius 1 is 1.00 bits per heavy atom. The number of hydrogen-bond donors (Lipinski definition) is 2. The van der Waals surface area contributed by atoms with Gasteiger partial charge in [-0.2, -0.15) is 8.78 Å². The van der Waals surface area contributed by atoms with E-state index in [1.54, 1.807) is 25.2 Å². The van der Waals surface area contributed by atoms with Gasteiger partial charge in [0.2, 0.25) is 0 Å². The van der Waals surface area contributed by atoms with Gasteiger partial charge in [0.25, 0.3) is 0 Å². The lowest BCUT2D eigenvalue weighted by Crippen LogP contribution is -2.37. The maximum absolute atomic E-state index is 12.6. The Hall–Kier alpha value is -2.71. The van der Waals surface area contributed by atoms with Crippen molar-refractivity contribution in [2.75, 3.05) is 33.4 Å². The molecule has 162 valence electrons. The van der Waals surface area contributed by atoms with Crippen molar-refractivity contribution in [1.82, 2.24) is 15.5 Å². The minimum Gasteiger partial charge on any atom is -0.434 e. The minimum atomic E-state index is -2.86. The molecular weight excluding hydrogens is 390 g/mol. The van der Waals surface area contributed by atoms with Crippen molar-refractivity contribution in [3.63, 3.8) is 0 Å². The van der Waals surface area contributed by atoms with Gasteiger partial charge < -0.3 is 20.1 Å². The summed E-state index contributed by atoms with van der Waals surface area (Å²) in [5.41, 5.74) is 3.08. The fraction of sp³-hybridized carbons (Fsp3) is 0.409. The number of halogens is 2. The van der Waals surface area contributed by atoms with Crippen molar-refractivity contribution in [3.8, 4) is 5.75 Å². The number of aliphatic imine (C=N–C) groups is 1. The molecule has 0 radical (unpaired) electrons. The summed E-state index contributed by atoms with van der Waals surface area (Å²) >= 11 is 0. The summed E-state index contributed by atoms with van der Waals surface area (Å²) in [7, 11) is 1.68. The standard InChI is InChI=1S/C22H28F2N4O2/c1-25-22(27-15-18-7-4-5-9-20(18)30-21(23)24)26-14-17-6-2-3-8-19(17)16-28-10-12-29-13-11-28/h2-9,21H,10-16H2,1H3,(H2,25,26,27). The number of nitrogens with one attached hydrogen (secondary N) is 2. The van der Waals surface area contributed by atoms with Gasteiger partial charge in [0.05, 0.1) is 13.2 Å². The van der Waals surface area contributed by atoms with Gasteiger partial charge in [-0.05, 0) is 17.2 Å². The number of alkyl halides is 2. The normalized spacial score (nSPS) is 15.3. The van der Waals surface area contributed by atoms with Crippen LogP contribution in [0.4, 0.5) is 8.78 Å². The average Bonchev–Trinajstić information content (AvgIpc) is 2.76. The molecule has 2 aromatic carbocycles. The molecule has 8 heteroatoms. The van der Waals surface area contributed by atoms with E-state index in [2.05, 4.69) is 37.4 Å². The molecule has 0 unspecified atom stereocenters. The molecule has 30 heavy (non-hydrogen) atoms. The number of guanidine groups is 1. The predicted octanol–water partition coefficient (Wildman–Crippen LogP) is 2.99. The second-order valence-corrected chi connectivity index (χ2v) is 6.92. The smallest absolute Gasteiger partial charge is 0.387 e. The predicted molar refractivity (Wildman–Crippen MR) is 113 cm³/mol. The molecule has 0 bridgehead atoms. The molecule has 3 rings (SSSR count). The van der Waals surface area contributed by atoms with Crippen LogP contribution in [0.1, 0.15) is 16.7 Å². The monoisotopic (exact) mass is 418 g/mol. The number of hydrogen-bond acceptors (Lipinski definition) is 4.